The second-order valence-corrected chi connectivity index (χ2v) is 14.8. The first kappa shape index (κ1) is 39.9. The molecule has 0 aliphatic carbocycles. The molecule has 8 rings (SSSR count). The van der Waals surface area contributed by atoms with Crippen LogP contribution in [0.2, 0.25) is 0 Å². The maximum absolute atomic E-state index is 13.8. The van der Waals surface area contributed by atoms with Crippen LogP contribution < -0.4 is 24.3 Å². The third-order valence-electron chi connectivity index (χ3n) is 11.0. The summed E-state index contributed by atoms with van der Waals surface area (Å²) in [6.45, 7) is 3.78. The van der Waals surface area contributed by atoms with Gasteiger partial charge < -0.3 is 38.8 Å². The van der Waals surface area contributed by atoms with Crippen molar-refractivity contribution in [2.75, 3.05) is 46.4 Å². The van der Waals surface area contributed by atoms with Crippen LogP contribution in [0, 0.1) is 0 Å². The molecule has 0 saturated carbocycles. The first-order valence-electron chi connectivity index (χ1n) is 20.2. The molecule has 308 valence electrons. The minimum atomic E-state index is -0.399. The van der Waals surface area contributed by atoms with Crippen LogP contribution in [0.5, 0.6) is 23.0 Å². The summed E-state index contributed by atoms with van der Waals surface area (Å²) in [7, 11) is 4.46. The van der Waals surface area contributed by atoms with Crippen molar-refractivity contribution in [3.05, 3.63) is 113 Å². The number of ether oxygens (including phenoxy) is 5. The first-order valence-corrected chi connectivity index (χ1v) is 20.2. The molecule has 13 nitrogen and oxygen atoms in total. The highest BCUT2D eigenvalue weighted by atomic mass is 16.5. The smallest absolute Gasteiger partial charge is 0.337 e. The lowest BCUT2D eigenvalue weighted by molar-refractivity contribution is 0.0600. The zero-order valence-electron chi connectivity index (χ0n) is 34.1. The predicted octanol–water partition coefficient (Wildman–Crippen LogP) is 8.49. The quantitative estimate of drug-likeness (QED) is 0.0925. The number of carbonyl (C=O) groups is 3. The number of hydrogen-bond donors (Lipinski definition) is 1. The van der Waals surface area contributed by atoms with Crippen molar-refractivity contribution in [2.24, 2.45) is 9.98 Å². The van der Waals surface area contributed by atoms with E-state index in [-0.39, 0.29) is 23.9 Å². The maximum atomic E-state index is 13.8. The topological polar surface area (TPSA) is 141 Å². The molecule has 1 unspecified atom stereocenters. The van der Waals surface area contributed by atoms with Crippen LogP contribution in [0.1, 0.15) is 81.2 Å². The van der Waals surface area contributed by atoms with Crippen molar-refractivity contribution in [1.82, 2.24) is 9.80 Å². The third-order valence-corrected chi connectivity index (χ3v) is 11.0. The van der Waals surface area contributed by atoms with E-state index in [9.17, 15) is 14.4 Å². The summed E-state index contributed by atoms with van der Waals surface area (Å²) in [5.41, 5.74) is 7.53. The molecule has 13 heteroatoms. The summed E-state index contributed by atoms with van der Waals surface area (Å²) < 4.78 is 28.4. The number of rotatable bonds is 15. The largest absolute Gasteiger partial charge is 0.493 e. The van der Waals surface area contributed by atoms with Crippen molar-refractivity contribution in [3.63, 3.8) is 0 Å². The Morgan fingerprint density at radius 3 is 1.60 bits per heavy atom. The van der Waals surface area contributed by atoms with E-state index in [2.05, 4.69) is 36.5 Å². The van der Waals surface area contributed by atoms with Gasteiger partial charge in [-0.1, -0.05) is 24.3 Å². The van der Waals surface area contributed by atoms with E-state index in [4.69, 9.17) is 33.7 Å². The van der Waals surface area contributed by atoms with Gasteiger partial charge in [0.05, 0.1) is 74.7 Å². The minimum absolute atomic E-state index is 0.130. The Bertz CT molecular complexity index is 2420. The second-order valence-electron chi connectivity index (χ2n) is 14.8. The van der Waals surface area contributed by atoms with Crippen LogP contribution in [0.4, 0.5) is 17.1 Å². The van der Waals surface area contributed by atoms with E-state index in [1.807, 2.05) is 30.7 Å². The average Bonchev–Trinajstić information content (AvgIpc) is 3.86. The molecule has 1 N–H and O–H groups in total. The second kappa shape index (κ2) is 17.5. The lowest BCUT2D eigenvalue weighted by Crippen LogP contribution is -2.32. The maximum Gasteiger partial charge on any atom is 0.337 e. The number of methoxy groups -OCH3 is 3. The standard InChI is InChI=1S/C47H47N5O8/c1-5-48-34-15-13-30(14-16-34)33-20-36-26-50-40-24-44(42(57-3)22-38(40)46(54)52(36)28-33)60-18-8-6-7-17-59-43-23-39-37(21-41(43)56-2)45(53)51-27-32(19-35(51)25-49-39)29-9-11-31(12-10-29)47(55)58-4/h9-16,21-28,35-36,48H,5-8,17-20H2,1-4H3/t35-,36?/m0/s1. The van der Waals surface area contributed by atoms with E-state index in [0.29, 0.717) is 77.1 Å². The first-order chi connectivity index (χ1) is 29.3. The Labute approximate surface area is 349 Å². The van der Waals surface area contributed by atoms with Crippen molar-refractivity contribution in [3.8, 4) is 23.0 Å². The van der Waals surface area contributed by atoms with Crippen LogP contribution in [0.15, 0.2) is 95.2 Å². The van der Waals surface area contributed by atoms with Crippen LogP contribution in [-0.2, 0) is 4.74 Å². The number of unbranched alkanes of at least 4 members (excludes halogenated alkanes) is 2. The predicted molar refractivity (Wildman–Crippen MR) is 231 cm³/mol. The Kier molecular flexibility index (Phi) is 11.7. The molecular formula is C47H47N5O8. The number of amides is 2. The Hall–Kier alpha value is -6.89. The zero-order valence-corrected chi connectivity index (χ0v) is 34.1. The van der Waals surface area contributed by atoms with Gasteiger partial charge in [0, 0.05) is 62.0 Å². The van der Waals surface area contributed by atoms with Crippen LogP contribution in [0.25, 0.3) is 11.1 Å². The molecule has 4 aromatic carbocycles. The Morgan fingerprint density at radius 2 is 1.15 bits per heavy atom. The number of aliphatic imine (C=N–C) groups is 2. The van der Waals surface area contributed by atoms with Crippen molar-refractivity contribution in [2.45, 2.75) is 51.1 Å². The van der Waals surface area contributed by atoms with E-state index < -0.39 is 5.97 Å². The highest BCUT2D eigenvalue weighted by Gasteiger charge is 2.35. The summed E-state index contributed by atoms with van der Waals surface area (Å²) in [4.78, 5) is 52.3. The van der Waals surface area contributed by atoms with Crippen molar-refractivity contribution >= 4 is 58.4 Å². The van der Waals surface area contributed by atoms with Crippen molar-refractivity contribution < 1.29 is 38.1 Å². The van der Waals surface area contributed by atoms with Gasteiger partial charge in [0.2, 0.25) is 0 Å². The van der Waals surface area contributed by atoms with Crippen LogP contribution in [0.3, 0.4) is 0 Å². The fourth-order valence-electron chi connectivity index (χ4n) is 7.83. The lowest BCUT2D eigenvalue weighted by Gasteiger charge is -2.19. The molecular weight excluding hydrogens is 763 g/mol. The number of esters is 1. The van der Waals surface area contributed by atoms with E-state index >= 15 is 0 Å². The van der Waals surface area contributed by atoms with E-state index in [1.165, 1.54) is 7.11 Å². The van der Waals surface area contributed by atoms with Gasteiger partial charge in [-0.25, -0.2) is 4.79 Å². The minimum Gasteiger partial charge on any atom is -0.493 e. The van der Waals surface area contributed by atoms with Gasteiger partial charge in [-0.2, -0.15) is 0 Å². The molecule has 0 fully saturated rings. The lowest BCUT2D eigenvalue weighted by atomic mass is 10.0. The van der Waals surface area contributed by atoms with E-state index in [0.717, 1.165) is 53.8 Å². The average molecular weight is 810 g/mol. The van der Waals surface area contributed by atoms with Gasteiger partial charge in [0.1, 0.15) is 0 Å². The fourth-order valence-corrected chi connectivity index (χ4v) is 7.83. The Morgan fingerprint density at radius 1 is 0.667 bits per heavy atom. The monoisotopic (exact) mass is 809 g/mol. The SMILES string of the molecule is CCNc1ccc(C2=CN3C(=O)c4cc(OC)c(OCCCCCOc5cc6c(cc5OC)C(=O)N5C=C(c7ccc(C(=O)OC)cc7)C[C@H]5C=N6)cc4N=CC3C2)cc1. The highest BCUT2D eigenvalue weighted by Crippen LogP contribution is 2.42. The zero-order chi connectivity index (χ0) is 41.8. The molecule has 2 amide bonds. The number of nitrogens with one attached hydrogen (secondary N) is 1. The summed E-state index contributed by atoms with van der Waals surface area (Å²) in [6, 6.07) is 21.9. The molecule has 60 heavy (non-hydrogen) atoms. The van der Waals surface area contributed by atoms with Gasteiger partial charge in [-0.15, -0.1) is 0 Å². The Balaban J connectivity index is 0.841. The molecule has 2 atom stereocenters. The third kappa shape index (κ3) is 8.07. The summed E-state index contributed by atoms with van der Waals surface area (Å²) in [5, 5.41) is 3.32. The molecule has 4 aliphatic rings. The molecule has 0 saturated heterocycles. The van der Waals surface area contributed by atoms with Gasteiger partial charge in [0.25, 0.3) is 11.8 Å². The molecule has 4 aromatic rings. The van der Waals surface area contributed by atoms with Gasteiger partial charge >= 0.3 is 5.97 Å². The molecule has 4 aliphatic heterocycles. The summed E-state index contributed by atoms with van der Waals surface area (Å²) >= 11 is 0. The molecule has 0 spiro atoms. The van der Waals surface area contributed by atoms with Gasteiger partial charge in [-0.05, 0) is 84.9 Å². The number of nitrogens with zero attached hydrogens (tertiary/aromatic N) is 4. The highest BCUT2D eigenvalue weighted by molar-refractivity contribution is 6.06. The van der Waals surface area contributed by atoms with Crippen LogP contribution in [-0.4, -0.2) is 93.2 Å². The molecule has 0 aromatic heterocycles. The van der Waals surface area contributed by atoms with Crippen LogP contribution >= 0.6 is 0 Å². The molecule has 0 radical (unpaired) electrons. The number of anilines is 1. The van der Waals surface area contributed by atoms with Crippen molar-refractivity contribution in [1.29, 1.82) is 0 Å². The number of benzene rings is 4. The number of hydrogen-bond acceptors (Lipinski definition) is 11. The van der Waals surface area contributed by atoms with E-state index in [1.54, 1.807) is 66.6 Å². The van der Waals surface area contributed by atoms with Gasteiger partial charge in [-0.3, -0.25) is 19.6 Å². The molecule has 4 heterocycles. The summed E-state index contributed by atoms with van der Waals surface area (Å²) in [6.07, 6.45) is 11.0. The fraction of sp³-hybridized carbons (Fsp3) is 0.298. The summed E-state index contributed by atoms with van der Waals surface area (Å²) in [5.74, 6) is 1.25. The molecule has 0 bridgehead atoms. The number of fused-ring (bicyclic) bond motifs is 4. The van der Waals surface area contributed by atoms with Gasteiger partial charge in [0.15, 0.2) is 23.0 Å². The number of carbonyl (C=O) groups excluding carboxylic acids is 3. The normalized spacial score (nSPS) is 17.4.